The van der Waals surface area contributed by atoms with E-state index in [0.717, 1.165) is 48.4 Å². The third-order valence-corrected chi connectivity index (χ3v) is 5.81. The van der Waals surface area contributed by atoms with Gasteiger partial charge in [0.05, 0.1) is 30.3 Å². The van der Waals surface area contributed by atoms with Crippen LogP contribution in [0, 0.1) is 0 Å². The highest BCUT2D eigenvalue weighted by atomic mass is 16.5. The number of nitrogens with one attached hydrogen (secondary N) is 1. The molecule has 0 bridgehead atoms. The lowest BCUT2D eigenvalue weighted by atomic mass is 10.0. The first-order valence-corrected chi connectivity index (χ1v) is 9.93. The monoisotopic (exact) mass is 390 g/mol. The molecule has 1 N–H and O–H groups in total. The molecule has 1 atom stereocenters. The van der Waals surface area contributed by atoms with Crippen molar-refractivity contribution in [1.29, 1.82) is 0 Å². The van der Waals surface area contributed by atoms with Gasteiger partial charge in [0.15, 0.2) is 0 Å². The molecule has 0 radical (unpaired) electrons. The fourth-order valence-electron chi connectivity index (χ4n) is 4.28. The molecule has 2 fully saturated rings. The van der Waals surface area contributed by atoms with E-state index in [1.165, 1.54) is 0 Å². The number of aromatic nitrogens is 2. The van der Waals surface area contributed by atoms with Gasteiger partial charge in [0.1, 0.15) is 0 Å². The van der Waals surface area contributed by atoms with Crippen LogP contribution in [0.1, 0.15) is 6.42 Å². The van der Waals surface area contributed by atoms with E-state index in [1.807, 2.05) is 47.4 Å². The molecule has 0 spiro atoms. The molecule has 2 aliphatic heterocycles. The van der Waals surface area contributed by atoms with Crippen molar-refractivity contribution in [3.63, 3.8) is 0 Å². The molecule has 2 saturated heterocycles. The Morgan fingerprint density at radius 1 is 0.931 bits per heavy atom. The molecule has 1 amide bonds. The van der Waals surface area contributed by atoms with E-state index >= 15 is 0 Å². The molecule has 1 unspecified atom stereocenters. The quantitative estimate of drug-likeness (QED) is 0.740. The molecule has 148 valence electrons. The molecule has 5 rings (SSSR count). The number of carbonyl (C=O) groups is 1. The van der Waals surface area contributed by atoms with Crippen molar-refractivity contribution in [3.05, 3.63) is 58.9 Å². The minimum atomic E-state index is -0.196. The number of hydrogen-bond acceptors (Lipinski definition) is 5. The third-order valence-electron chi connectivity index (χ3n) is 5.81. The summed E-state index contributed by atoms with van der Waals surface area (Å²) in [5, 5.41) is 8.26. The van der Waals surface area contributed by atoms with Crippen LogP contribution < -0.4 is 10.5 Å². The Morgan fingerprint density at radius 3 is 2.41 bits per heavy atom. The third kappa shape index (κ3) is 3.22. The second-order valence-corrected chi connectivity index (χ2v) is 7.44. The zero-order valence-electron chi connectivity index (χ0n) is 16.0. The summed E-state index contributed by atoms with van der Waals surface area (Å²) in [5.41, 5.74) is 2.32. The number of morpholine rings is 1. The van der Waals surface area contributed by atoms with Crippen molar-refractivity contribution in [2.45, 2.75) is 12.5 Å². The number of hydrogen-bond donors (Lipinski definition) is 1. The first-order valence-electron chi connectivity index (χ1n) is 9.93. The normalized spacial score (nSPS) is 20.5. The predicted octanol–water partition coefficient (Wildman–Crippen LogP) is 2.03. The van der Waals surface area contributed by atoms with Crippen molar-refractivity contribution in [2.75, 3.05) is 37.7 Å². The topological polar surface area (TPSA) is 78.5 Å². The Labute approximate surface area is 167 Å². The fraction of sp³-hybridized carbons (Fsp3) is 0.318. The summed E-state index contributed by atoms with van der Waals surface area (Å²) in [6.07, 6.45) is 0.840. The van der Waals surface area contributed by atoms with Crippen molar-refractivity contribution in [2.24, 2.45) is 0 Å². The summed E-state index contributed by atoms with van der Waals surface area (Å²) in [4.78, 5) is 29.1. The smallest absolute Gasteiger partial charge is 0.272 e. The molecule has 7 heteroatoms. The number of aromatic amines is 1. The molecule has 3 aromatic rings. The van der Waals surface area contributed by atoms with Gasteiger partial charge in [-0.3, -0.25) is 14.5 Å². The summed E-state index contributed by atoms with van der Waals surface area (Å²) in [7, 11) is 0. The zero-order chi connectivity index (χ0) is 19.8. The highest BCUT2D eigenvalue weighted by Gasteiger charge is 2.37. The molecule has 29 heavy (non-hydrogen) atoms. The maximum Gasteiger partial charge on any atom is 0.272 e. The highest BCUT2D eigenvalue weighted by molar-refractivity contribution is 6.00. The van der Waals surface area contributed by atoms with Gasteiger partial charge in [-0.1, -0.05) is 30.3 Å². The van der Waals surface area contributed by atoms with E-state index in [2.05, 4.69) is 15.1 Å². The van der Waals surface area contributed by atoms with Crippen LogP contribution >= 0.6 is 0 Å². The Kier molecular flexibility index (Phi) is 4.61. The van der Waals surface area contributed by atoms with Crippen molar-refractivity contribution < 1.29 is 9.53 Å². The predicted molar refractivity (Wildman–Crippen MR) is 111 cm³/mol. The molecule has 1 aromatic heterocycles. The number of fused-ring (bicyclic) bond motifs is 1. The Bertz CT molecular complexity index is 1100. The van der Waals surface area contributed by atoms with Crippen LogP contribution in [-0.4, -0.2) is 59.9 Å². The summed E-state index contributed by atoms with van der Waals surface area (Å²) in [5.74, 6) is 0.160. The Balaban J connectivity index is 1.41. The number of benzene rings is 2. The number of amides is 1. The maximum absolute atomic E-state index is 13.0. The summed E-state index contributed by atoms with van der Waals surface area (Å²) >= 11 is 0. The van der Waals surface area contributed by atoms with Gasteiger partial charge in [0, 0.05) is 36.3 Å². The number of carbonyl (C=O) groups excluding carboxylic acids is 1. The molecule has 7 nitrogen and oxygen atoms in total. The Hall–Kier alpha value is -3.03. The Morgan fingerprint density at radius 2 is 1.66 bits per heavy atom. The van der Waals surface area contributed by atoms with Crippen LogP contribution in [0.2, 0.25) is 0 Å². The zero-order valence-corrected chi connectivity index (χ0v) is 16.0. The number of H-pyrrole nitrogens is 1. The van der Waals surface area contributed by atoms with Gasteiger partial charge in [-0.15, -0.1) is 0 Å². The SMILES string of the molecule is O=C1C(N2CCOCC2)CCN1c1ccc(-c2n[nH]c(=O)c3ccccc23)cc1. The minimum Gasteiger partial charge on any atom is -0.379 e. The van der Waals surface area contributed by atoms with Crippen LogP contribution in [0.15, 0.2) is 53.3 Å². The molecular formula is C22H22N4O3. The van der Waals surface area contributed by atoms with E-state index in [9.17, 15) is 9.59 Å². The molecule has 3 heterocycles. The molecule has 0 saturated carbocycles. The second-order valence-electron chi connectivity index (χ2n) is 7.44. The van der Waals surface area contributed by atoms with Crippen molar-refractivity contribution in [1.82, 2.24) is 15.1 Å². The largest absolute Gasteiger partial charge is 0.379 e. The van der Waals surface area contributed by atoms with Gasteiger partial charge in [0.25, 0.3) is 5.56 Å². The van der Waals surface area contributed by atoms with E-state index < -0.39 is 0 Å². The van der Waals surface area contributed by atoms with E-state index in [4.69, 9.17) is 4.74 Å². The standard InChI is InChI=1S/C22H22N4O3/c27-21-18-4-2-1-3-17(18)20(23-24-21)15-5-7-16(8-6-15)26-10-9-19(22(26)28)25-11-13-29-14-12-25/h1-8,19H,9-14H2,(H,24,27). The molecule has 2 aliphatic rings. The first-order chi connectivity index (χ1) is 14.2. The van der Waals surface area contributed by atoms with Crippen LogP contribution in [0.4, 0.5) is 5.69 Å². The lowest BCUT2D eigenvalue weighted by molar-refractivity contribution is -0.123. The first kappa shape index (κ1) is 18.0. The number of nitrogens with zero attached hydrogens (tertiary/aromatic N) is 3. The van der Waals surface area contributed by atoms with Crippen LogP contribution in [0.25, 0.3) is 22.0 Å². The van der Waals surface area contributed by atoms with Gasteiger partial charge in [-0.05, 0) is 24.6 Å². The van der Waals surface area contributed by atoms with Crippen LogP contribution in [0.3, 0.4) is 0 Å². The number of anilines is 1. The summed E-state index contributed by atoms with van der Waals surface area (Å²) < 4.78 is 5.40. The van der Waals surface area contributed by atoms with Gasteiger partial charge in [0.2, 0.25) is 5.91 Å². The van der Waals surface area contributed by atoms with Crippen LogP contribution in [-0.2, 0) is 9.53 Å². The van der Waals surface area contributed by atoms with Gasteiger partial charge < -0.3 is 9.64 Å². The lowest BCUT2D eigenvalue weighted by Gasteiger charge is -2.31. The minimum absolute atomic E-state index is 0.0524. The lowest BCUT2D eigenvalue weighted by Crippen LogP contribution is -2.47. The van der Waals surface area contributed by atoms with Crippen LogP contribution in [0.5, 0.6) is 0 Å². The fourth-order valence-corrected chi connectivity index (χ4v) is 4.28. The summed E-state index contributed by atoms with van der Waals surface area (Å²) in [6, 6.07) is 15.2. The van der Waals surface area contributed by atoms with Gasteiger partial charge >= 0.3 is 0 Å². The molecule has 0 aliphatic carbocycles. The average Bonchev–Trinajstić information content (AvgIpc) is 3.16. The van der Waals surface area contributed by atoms with Gasteiger partial charge in [-0.25, -0.2) is 5.10 Å². The van der Waals surface area contributed by atoms with Crippen molar-refractivity contribution >= 4 is 22.4 Å². The number of rotatable bonds is 3. The van der Waals surface area contributed by atoms with Gasteiger partial charge in [-0.2, -0.15) is 5.10 Å². The highest BCUT2D eigenvalue weighted by Crippen LogP contribution is 2.29. The van der Waals surface area contributed by atoms with E-state index in [0.29, 0.717) is 18.6 Å². The summed E-state index contributed by atoms with van der Waals surface area (Å²) in [6.45, 7) is 3.74. The van der Waals surface area contributed by atoms with E-state index in [1.54, 1.807) is 6.07 Å². The second kappa shape index (κ2) is 7.42. The maximum atomic E-state index is 13.0. The molecule has 2 aromatic carbocycles. The van der Waals surface area contributed by atoms with E-state index in [-0.39, 0.29) is 17.5 Å². The number of ether oxygens (including phenoxy) is 1. The average molecular weight is 390 g/mol. The van der Waals surface area contributed by atoms with Crippen molar-refractivity contribution in [3.8, 4) is 11.3 Å². The molecular weight excluding hydrogens is 368 g/mol.